The zero-order valence-corrected chi connectivity index (χ0v) is 14.2. The molecule has 0 aliphatic heterocycles. The van der Waals surface area contributed by atoms with Gasteiger partial charge in [-0.25, -0.2) is 0 Å². The normalized spacial score (nSPS) is 12.8. The van der Waals surface area contributed by atoms with E-state index in [1.165, 1.54) is 0 Å². The number of aliphatic carboxylic acids is 1. The highest BCUT2D eigenvalue weighted by atomic mass is 16.4. The van der Waals surface area contributed by atoms with Crippen LogP contribution >= 0.6 is 0 Å². The molecule has 0 aromatic rings. The van der Waals surface area contributed by atoms with Gasteiger partial charge in [0.1, 0.15) is 12.6 Å². The summed E-state index contributed by atoms with van der Waals surface area (Å²) in [5.41, 5.74) is 10.6. The first-order valence-electron chi connectivity index (χ1n) is 7.65. The number of hydrogen-bond donors (Lipinski definition) is 6. The lowest BCUT2D eigenvalue weighted by atomic mass is 10.0. The number of carboxylic acid groups (broad SMARTS) is 1. The third-order valence-electron chi connectivity index (χ3n) is 3.15. The zero-order chi connectivity index (χ0) is 19.6. The number of nitrogens with two attached hydrogens (primary N) is 2. The molecular formula is C14H25N5O6. The van der Waals surface area contributed by atoms with Crippen LogP contribution in [0, 0.1) is 5.92 Å². The molecule has 8 N–H and O–H groups in total. The van der Waals surface area contributed by atoms with Crippen LogP contribution < -0.4 is 27.4 Å². The summed E-state index contributed by atoms with van der Waals surface area (Å²) in [7, 11) is 0. The lowest BCUT2D eigenvalue weighted by Crippen LogP contribution is -2.55. The Balaban J connectivity index is 4.54. The summed E-state index contributed by atoms with van der Waals surface area (Å²) < 4.78 is 0. The SMILES string of the molecule is CC(C)C(NC(=O)C(N)CCC(N)=O)C(=O)NCC(=O)NCC(=O)O. The van der Waals surface area contributed by atoms with Crippen molar-refractivity contribution in [3.05, 3.63) is 0 Å². The van der Waals surface area contributed by atoms with Crippen LogP contribution in [0.2, 0.25) is 0 Å². The molecule has 0 rings (SSSR count). The van der Waals surface area contributed by atoms with Gasteiger partial charge < -0.3 is 32.5 Å². The molecule has 0 aliphatic carbocycles. The van der Waals surface area contributed by atoms with Gasteiger partial charge in [0, 0.05) is 6.42 Å². The first kappa shape index (κ1) is 22.3. The van der Waals surface area contributed by atoms with E-state index >= 15 is 0 Å². The standard InChI is InChI=1S/C14H25N5O6/c1-7(2)12(19-13(24)8(15)3-4-9(16)20)14(25)18-5-10(21)17-6-11(22)23/h7-8,12H,3-6,15H2,1-2H3,(H2,16,20)(H,17,21)(H,18,25)(H,19,24)(H,22,23). The van der Waals surface area contributed by atoms with Crippen molar-refractivity contribution in [2.45, 2.75) is 38.8 Å². The maximum Gasteiger partial charge on any atom is 0.322 e. The second-order valence-electron chi connectivity index (χ2n) is 5.73. The van der Waals surface area contributed by atoms with Crippen LogP contribution in [0.5, 0.6) is 0 Å². The molecule has 0 radical (unpaired) electrons. The Bertz CT molecular complexity index is 522. The highest BCUT2D eigenvalue weighted by Crippen LogP contribution is 2.03. The Morgan fingerprint density at radius 1 is 1.00 bits per heavy atom. The average Bonchev–Trinajstić information content (AvgIpc) is 2.52. The van der Waals surface area contributed by atoms with Crippen LogP contribution in [0.4, 0.5) is 0 Å². The quantitative estimate of drug-likeness (QED) is 0.227. The minimum atomic E-state index is -1.21. The van der Waals surface area contributed by atoms with Crippen molar-refractivity contribution >= 4 is 29.6 Å². The molecule has 0 bridgehead atoms. The second kappa shape index (κ2) is 11.0. The molecule has 4 amide bonds. The molecule has 0 aromatic carbocycles. The number of carboxylic acids is 1. The minimum absolute atomic E-state index is 0.0468. The van der Waals surface area contributed by atoms with E-state index in [0.29, 0.717) is 0 Å². The molecular weight excluding hydrogens is 334 g/mol. The number of carbonyl (C=O) groups is 5. The van der Waals surface area contributed by atoms with E-state index in [0.717, 1.165) is 0 Å². The summed E-state index contributed by atoms with van der Waals surface area (Å²) in [4.78, 5) is 56.5. The smallest absolute Gasteiger partial charge is 0.322 e. The van der Waals surface area contributed by atoms with Gasteiger partial charge in [0.05, 0.1) is 12.6 Å². The van der Waals surface area contributed by atoms with Gasteiger partial charge in [-0.15, -0.1) is 0 Å². The Morgan fingerprint density at radius 3 is 2.08 bits per heavy atom. The molecule has 2 atom stereocenters. The van der Waals surface area contributed by atoms with Crippen LogP contribution in [0.15, 0.2) is 0 Å². The third kappa shape index (κ3) is 9.91. The lowest BCUT2D eigenvalue weighted by molar-refractivity contribution is -0.138. The van der Waals surface area contributed by atoms with Crippen LogP contribution in [-0.4, -0.2) is 59.9 Å². The van der Waals surface area contributed by atoms with Gasteiger partial charge in [-0.2, -0.15) is 0 Å². The second-order valence-corrected chi connectivity index (χ2v) is 5.73. The number of primary amides is 1. The number of nitrogens with one attached hydrogen (secondary N) is 3. The number of carbonyl (C=O) groups excluding carboxylic acids is 4. The van der Waals surface area contributed by atoms with Gasteiger partial charge in [-0.1, -0.05) is 13.8 Å². The molecule has 11 nitrogen and oxygen atoms in total. The van der Waals surface area contributed by atoms with Crippen molar-refractivity contribution in [1.29, 1.82) is 0 Å². The van der Waals surface area contributed by atoms with Gasteiger partial charge in [-0.05, 0) is 12.3 Å². The van der Waals surface area contributed by atoms with Crippen LogP contribution in [0.25, 0.3) is 0 Å². The zero-order valence-electron chi connectivity index (χ0n) is 14.2. The highest BCUT2D eigenvalue weighted by molar-refractivity contribution is 5.92. The minimum Gasteiger partial charge on any atom is -0.480 e. The maximum absolute atomic E-state index is 12.1. The van der Waals surface area contributed by atoms with E-state index in [1.54, 1.807) is 13.8 Å². The van der Waals surface area contributed by atoms with Crippen molar-refractivity contribution in [3.8, 4) is 0 Å². The largest absolute Gasteiger partial charge is 0.480 e. The van der Waals surface area contributed by atoms with Gasteiger partial charge in [0.25, 0.3) is 0 Å². The summed E-state index contributed by atoms with van der Waals surface area (Å²) in [6, 6.07) is -1.94. The van der Waals surface area contributed by atoms with E-state index in [4.69, 9.17) is 16.6 Å². The van der Waals surface area contributed by atoms with Crippen LogP contribution in [0.3, 0.4) is 0 Å². The summed E-state index contributed by atoms with van der Waals surface area (Å²) in [6.07, 6.45) is -0.0118. The van der Waals surface area contributed by atoms with E-state index in [-0.39, 0.29) is 18.8 Å². The predicted molar refractivity (Wildman–Crippen MR) is 86.8 cm³/mol. The van der Waals surface area contributed by atoms with Crippen LogP contribution in [-0.2, 0) is 24.0 Å². The fourth-order valence-corrected chi connectivity index (χ4v) is 1.74. The topological polar surface area (TPSA) is 194 Å². The molecule has 0 saturated carbocycles. The lowest BCUT2D eigenvalue weighted by Gasteiger charge is -2.23. The summed E-state index contributed by atoms with van der Waals surface area (Å²) in [5.74, 6) is -4.01. The molecule has 11 heteroatoms. The maximum atomic E-state index is 12.1. The summed E-state index contributed by atoms with van der Waals surface area (Å²) >= 11 is 0. The molecule has 0 fully saturated rings. The van der Waals surface area contributed by atoms with Crippen molar-refractivity contribution in [3.63, 3.8) is 0 Å². The fraction of sp³-hybridized carbons (Fsp3) is 0.643. The monoisotopic (exact) mass is 359 g/mol. The average molecular weight is 359 g/mol. The van der Waals surface area contributed by atoms with Crippen molar-refractivity contribution < 1.29 is 29.1 Å². The molecule has 0 aliphatic rings. The molecule has 25 heavy (non-hydrogen) atoms. The van der Waals surface area contributed by atoms with Crippen LogP contribution in [0.1, 0.15) is 26.7 Å². The number of rotatable bonds is 11. The molecule has 0 heterocycles. The fourth-order valence-electron chi connectivity index (χ4n) is 1.74. The molecule has 0 saturated heterocycles. The highest BCUT2D eigenvalue weighted by Gasteiger charge is 2.26. The third-order valence-corrected chi connectivity index (χ3v) is 3.15. The van der Waals surface area contributed by atoms with Gasteiger partial charge in [0.2, 0.25) is 23.6 Å². The number of hydrogen-bond acceptors (Lipinski definition) is 6. The predicted octanol–water partition coefficient (Wildman–Crippen LogP) is -2.96. The Morgan fingerprint density at radius 2 is 1.60 bits per heavy atom. The summed E-state index contributed by atoms with van der Waals surface area (Å²) in [5, 5.41) is 15.3. The molecule has 2 unspecified atom stereocenters. The van der Waals surface area contributed by atoms with E-state index in [2.05, 4.69) is 16.0 Å². The van der Waals surface area contributed by atoms with Crippen molar-refractivity contribution in [2.75, 3.05) is 13.1 Å². The molecule has 0 aromatic heterocycles. The van der Waals surface area contributed by atoms with Gasteiger partial charge in [0.15, 0.2) is 0 Å². The first-order chi connectivity index (χ1) is 11.5. The van der Waals surface area contributed by atoms with Gasteiger partial charge >= 0.3 is 5.97 Å². The number of amides is 4. The summed E-state index contributed by atoms with van der Waals surface area (Å²) in [6.45, 7) is 2.38. The van der Waals surface area contributed by atoms with E-state index in [1.807, 2.05) is 0 Å². The van der Waals surface area contributed by atoms with Crippen molar-refractivity contribution in [2.24, 2.45) is 17.4 Å². The van der Waals surface area contributed by atoms with Gasteiger partial charge in [-0.3, -0.25) is 24.0 Å². The Kier molecular flexibility index (Phi) is 9.79. The Labute approximate surface area is 144 Å². The van der Waals surface area contributed by atoms with Crippen molar-refractivity contribution in [1.82, 2.24) is 16.0 Å². The Hall–Kier alpha value is -2.69. The molecule has 0 spiro atoms. The molecule has 142 valence electrons. The van der Waals surface area contributed by atoms with E-state index in [9.17, 15) is 24.0 Å². The first-order valence-corrected chi connectivity index (χ1v) is 7.65. The van der Waals surface area contributed by atoms with E-state index < -0.39 is 54.8 Å².